The van der Waals surface area contributed by atoms with Crippen LogP contribution < -0.4 is 5.32 Å². The second-order valence-electron chi connectivity index (χ2n) is 6.34. The fourth-order valence-electron chi connectivity index (χ4n) is 2.90. The Labute approximate surface area is 154 Å². The topological polar surface area (TPSA) is 92.3 Å². The monoisotopic (exact) mass is 398 g/mol. The third-order valence-corrected chi connectivity index (χ3v) is 8.68. The predicted octanol–water partition coefficient (Wildman–Crippen LogP) is 2.52. The fourth-order valence-corrected chi connectivity index (χ4v) is 6.48. The normalized spacial score (nSPS) is 22.0. The van der Waals surface area contributed by atoms with Crippen molar-refractivity contribution in [1.82, 2.24) is 14.5 Å². The highest BCUT2D eigenvalue weighted by Crippen LogP contribution is 2.42. The van der Waals surface area contributed by atoms with E-state index in [0.717, 1.165) is 17.8 Å². The molecule has 1 saturated heterocycles. The molecule has 2 aliphatic rings. The molecule has 134 valence electrons. The summed E-state index contributed by atoms with van der Waals surface area (Å²) in [6.45, 7) is 0.662. The lowest BCUT2D eigenvalue weighted by Gasteiger charge is -2.30. The smallest absolute Gasteiger partial charge is 0.252 e. The number of hydrogen-bond donors (Lipinski definition) is 1. The van der Waals surface area contributed by atoms with Crippen LogP contribution in [0.25, 0.3) is 0 Å². The molecule has 1 aliphatic carbocycles. The minimum atomic E-state index is -3.51. The average Bonchev–Trinajstić information content (AvgIpc) is 3.11. The van der Waals surface area contributed by atoms with Gasteiger partial charge in [0.25, 0.3) is 10.0 Å². The van der Waals surface area contributed by atoms with E-state index < -0.39 is 10.0 Å². The lowest BCUT2D eigenvalue weighted by molar-refractivity contribution is -0.120. The summed E-state index contributed by atoms with van der Waals surface area (Å²) < 4.78 is 27.0. The van der Waals surface area contributed by atoms with Crippen LogP contribution in [0.1, 0.15) is 36.6 Å². The Morgan fingerprint density at radius 3 is 2.84 bits per heavy atom. The molecule has 0 aromatic carbocycles. The van der Waals surface area contributed by atoms with Crippen LogP contribution >= 0.6 is 22.7 Å². The van der Waals surface area contributed by atoms with Gasteiger partial charge in [0, 0.05) is 19.0 Å². The first-order valence-electron chi connectivity index (χ1n) is 8.22. The number of carbonyl (C=O) groups is 1. The van der Waals surface area contributed by atoms with Gasteiger partial charge in [-0.2, -0.15) is 4.31 Å². The number of aromatic nitrogens is 2. The Kier molecular flexibility index (Phi) is 4.61. The maximum atomic E-state index is 12.6. The van der Waals surface area contributed by atoms with Crippen LogP contribution in [-0.4, -0.2) is 41.9 Å². The van der Waals surface area contributed by atoms with Gasteiger partial charge in [0.2, 0.25) is 11.0 Å². The molecule has 1 unspecified atom stereocenters. The number of nitrogens with one attached hydrogen (secondary N) is 1. The molecule has 4 rings (SSSR count). The third-order valence-electron chi connectivity index (χ3n) is 4.44. The van der Waals surface area contributed by atoms with Gasteiger partial charge in [0.05, 0.1) is 5.92 Å². The molecular formula is C15H18N4O3S3. The van der Waals surface area contributed by atoms with Crippen molar-refractivity contribution in [2.24, 2.45) is 5.92 Å². The number of amides is 1. The van der Waals surface area contributed by atoms with E-state index in [1.54, 1.807) is 17.5 Å². The molecular weight excluding hydrogens is 380 g/mol. The third kappa shape index (κ3) is 3.62. The van der Waals surface area contributed by atoms with Crippen molar-refractivity contribution in [3.05, 3.63) is 22.5 Å². The highest BCUT2D eigenvalue weighted by Gasteiger charge is 2.34. The summed E-state index contributed by atoms with van der Waals surface area (Å²) in [6.07, 6.45) is 3.63. The van der Waals surface area contributed by atoms with Gasteiger partial charge in [-0.3, -0.25) is 4.79 Å². The zero-order valence-corrected chi connectivity index (χ0v) is 15.9. The van der Waals surface area contributed by atoms with Crippen molar-refractivity contribution < 1.29 is 13.2 Å². The Morgan fingerprint density at radius 1 is 1.28 bits per heavy atom. The lowest BCUT2D eigenvalue weighted by atomic mass is 9.99. The Balaban J connectivity index is 1.42. The lowest BCUT2D eigenvalue weighted by Crippen LogP contribution is -2.43. The summed E-state index contributed by atoms with van der Waals surface area (Å²) in [7, 11) is -3.51. The zero-order chi connectivity index (χ0) is 17.4. The number of rotatable bonds is 5. The van der Waals surface area contributed by atoms with Crippen LogP contribution in [-0.2, 0) is 14.8 Å². The molecule has 10 heteroatoms. The van der Waals surface area contributed by atoms with Gasteiger partial charge in [0.15, 0.2) is 0 Å². The van der Waals surface area contributed by atoms with E-state index >= 15 is 0 Å². The van der Waals surface area contributed by atoms with Gasteiger partial charge in [0.1, 0.15) is 9.22 Å². The van der Waals surface area contributed by atoms with Crippen molar-refractivity contribution in [1.29, 1.82) is 0 Å². The summed E-state index contributed by atoms with van der Waals surface area (Å²) in [6, 6.07) is 3.32. The van der Waals surface area contributed by atoms with Gasteiger partial charge in [-0.1, -0.05) is 17.4 Å². The molecule has 25 heavy (non-hydrogen) atoms. The SMILES string of the molecule is O=C(Nc1nnc(C2CC2)s1)C1CCCN(S(=O)(=O)c2cccs2)C1. The number of anilines is 1. The predicted molar refractivity (Wildman–Crippen MR) is 96.3 cm³/mol. The average molecular weight is 399 g/mol. The summed E-state index contributed by atoms with van der Waals surface area (Å²) >= 11 is 2.62. The van der Waals surface area contributed by atoms with Gasteiger partial charge in [-0.25, -0.2) is 8.42 Å². The standard InChI is InChI=1S/C15H18N4O3S3/c20-13(16-15-18-17-14(24-15)10-5-6-10)11-3-1-7-19(9-11)25(21,22)12-4-2-8-23-12/h2,4,8,10-11H,1,3,5-7,9H2,(H,16,18,20). The number of carbonyl (C=O) groups excluding carboxylic acids is 1. The Morgan fingerprint density at radius 2 is 2.12 bits per heavy atom. The largest absolute Gasteiger partial charge is 0.300 e. The highest BCUT2D eigenvalue weighted by molar-refractivity contribution is 7.91. The Bertz CT molecular complexity index is 858. The molecule has 7 nitrogen and oxygen atoms in total. The van der Waals surface area contributed by atoms with Crippen LogP contribution in [0.2, 0.25) is 0 Å². The molecule has 2 fully saturated rings. The minimum Gasteiger partial charge on any atom is -0.300 e. The molecule has 2 aromatic heterocycles. The molecule has 1 saturated carbocycles. The molecule has 1 N–H and O–H groups in total. The van der Waals surface area contributed by atoms with Crippen LogP contribution in [0, 0.1) is 5.92 Å². The Hall–Kier alpha value is -1.36. The molecule has 1 atom stereocenters. The van der Waals surface area contributed by atoms with Gasteiger partial charge < -0.3 is 5.32 Å². The molecule has 1 aliphatic heterocycles. The molecule has 0 radical (unpaired) electrons. The number of thiophene rings is 1. The highest BCUT2D eigenvalue weighted by atomic mass is 32.2. The minimum absolute atomic E-state index is 0.176. The first-order chi connectivity index (χ1) is 12.0. The molecule has 2 aromatic rings. The van der Waals surface area contributed by atoms with E-state index in [1.807, 2.05) is 0 Å². The molecule has 3 heterocycles. The summed E-state index contributed by atoms with van der Waals surface area (Å²) in [4.78, 5) is 12.5. The second kappa shape index (κ2) is 6.75. The molecule has 1 amide bonds. The number of hydrogen-bond acceptors (Lipinski definition) is 7. The van der Waals surface area contributed by atoms with Crippen molar-refractivity contribution in [2.75, 3.05) is 18.4 Å². The van der Waals surface area contributed by atoms with E-state index in [4.69, 9.17) is 0 Å². The van der Waals surface area contributed by atoms with E-state index in [9.17, 15) is 13.2 Å². The van der Waals surface area contributed by atoms with Crippen molar-refractivity contribution in [3.63, 3.8) is 0 Å². The van der Waals surface area contributed by atoms with Crippen molar-refractivity contribution >= 4 is 43.7 Å². The number of piperidine rings is 1. The van der Waals surface area contributed by atoms with Crippen molar-refractivity contribution in [3.8, 4) is 0 Å². The molecule has 0 bridgehead atoms. The van der Waals surface area contributed by atoms with E-state index in [-0.39, 0.29) is 18.4 Å². The van der Waals surface area contributed by atoms with Crippen LogP contribution in [0.3, 0.4) is 0 Å². The van der Waals surface area contributed by atoms with E-state index in [2.05, 4.69) is 15.5 Å². The van der Waals surface area contributed by atoms with E-state index in [1.165, 1.54) is 27.0 Å². The van der Waals surface area contributed by atoms with Crippen LogP contribution in [0.4, 0.5) is 5.13 Å². The van der Waals surface area contributed by atoms with Gasteiger partial charge in [-0.15, -0.1) is 21.5 Å². The first kappa shape index (κ1) is 17.1. The number of sulfonamides is 1. The first-order valence-corrected chi connectivity index (χ1v) is 11.4. The maximum absolute atomic E-state index is 12.6. The quantitative estimate of drug-likeness (QED) is 0.835. The number of nitrogens with zero attached hydrogens (tertiary/aromatic N) is 3. The summed E-state index contributed by atoms with van der Waals surface area (Å²) in [5, 5.41) is 14.2. The maximum Gasteiger partial charge on any atom is 0.252 e. The van der Waals surface area contributed by atoms with Gasteiger partial charge >= 0.3 is 0 Å². The zero-order valence-electron chi connectivity index (χ0n) is 13.4. The van der Waals surface area contributed by atoms with Crippen LogP contribution in [0.5, 0.6) is 0 Å². The molecule has 0 spiro atoms. The van der Waals surface area contributed by atoms with Gasteiger partial charge in [-0.05, 0) is 37.1 Å². The van der Waals surface area contributed by atoms with Crippen molar-refractivity contribution in [2.45, 2.75) is 35.8 Å². The summed E-state index contributed by atoms with van der Waals surface area (Å²) in [5.41, 5.74) is 0. The fraction of sp³-hybridized carbons (Fsp3) is 0.533. The second-order valence-corrected chi connectivity index (χ2v) is 10.5. The van der Waals surface area contributed by atoms with Crippen LogP contribution in [0.15, 0.2) is 21.7 Å². The van der Waals surface area contributed by atoms with E-state index in [0.29, 0.717) is 34.6 Å². The summed E-state index contributed by atoms with van der Waals surface area (Å²) in [5.74, 6) is -0.0365.